The number of H-pyrrole nitrogens is 4. The third kappa shape index (κ3) is 26.2. The molecule has 41 heteroatoms. The van der Waals surface area contributed by atoms with Gasteiger partial charge in [0.1, 0.15) is 60.8 Å². The van der Waals surface area contributed by atoms with Gasteiger partial charge in [-0.1, -0.05) is 64.6 Å². The maximum atomic E-state index is 15.3. The lowest BCUT2D eigenvalue weighted by molar-refractivity contribution is -0.138. The van der Waals surface area contributed by atoms with Crippen LogP contribution in [-0.2, 0) is 28.9 Å². The van der Waals surface area contributed by atoms with Crippen LogP contribution >= 0.6 is 46.4 Å². The standard InChI is InChI=1S/C29H37ClFN7O.C27H33ClFN7O.C26H27ClFN7O2.C24H30ClFN8/c1-17(2)38-9-5-6-25(38)29(39)37-10-7-20(8-11-37)22-15-24(31)21(12-18(22)3)14-26-32-16-23(30)28(33-26)34-27-13-19(4)35-36-27;1-16-11-19(13-24-30-15-21(28)26(31-24)32-25-12-17(2)33-34-25)22(29)14-20(16)18-6-9-36(10-7-18)27(37)23-5-4-8-35(23)3;1-14-8-18(10-22-29-12-20(27)25(31-22)32-23-9-15(2)33-34-23)21(28)11-19(14)17-4-6-35(7-5-17)26(36)24-16(3)30-13-37-24;1-14-9-21(29-24-28-13-19(25)23(31-24)30-22-10-15(2)32-33-22)20(26)11-18(14)16-4-7-34(8-5-16)17-3-6-27-12-17/h12-13,15-17,20,25H,5-11,14H2,1-4H3,(H2,32,33,34,35,36);11-12,14-15,18,23H,4-10,13H2,1-3H3,(H2,30,31,32,33,34);8-9,11-13,17H,4-7,10H2,1-3H3,(H2,29,31,32,33,34);9-11,13,16-17,27H,3-8,12H2,1-2H3,(H3,28,29,30,31,32,33)/t25-;23-;;/m11../s1. The second-order valence-corrected chi connectivity index (χ2v) is 41.6. The molecule has 7 fully saturated rings. The van der Waals surface area contributed by atoms with Gasteiger partial charge in [-0.2, -0.15) is 25.4 Å². The SMILES string of the molecule is Cc1cc(Nc2nc(Cc3cc(C)c(C4CCN(C(=O)[C@H]5CCCN5C(C)C)CC4)cc3F)ncc2Cl)n[nH]1.Cc1cc(Nc2nc(Cc3cc(C)c(C4CCN(C(=O)[C@H]5CCCN5C)CC4)cc3F)ncc2Cl)n[nH]1.Cc1cc(Nc2nc(Cc3cc(C)c(C4CCN(C(=O)c5ocnc5C)CC4)cc3F)ncc2Cl)n[nH]1.Cc1cc(Nc2nc(Nc3cc(C)c(C4CCN(C5CCNC5)CC4)cc3F)ncc2Cl)n[nH]1. The summed E-state index contributed by atoms with van der Waals surface area (Å²) in [5.74, 6) is 6.21. The molecule has 0 bridgehead atoms. The molecule has 0 saturated carbocycles. The zero-order chi connectivity index (χ0) is 104. The van der Waals surface area contributed by atoms with E-state index in [9.17, 15) is 14.4 Å². The Hall–Kier alpha value is -12.6. The lowest BCUT2D eigenvalue weighted by Crippen LogP contribution is -2.49. The molecule has 0 radical (unpaired) electrons. The number of benzene rings is 4. The van der Waals surface area contributed by atoms with Crippen molar-refractivity contribution in [1.29, 1.82) is 0 Å². The van der Waals surface area contributed by atoms with Crippen LogP contribution in [0.5, 0.6) is 0 Å². The number of likely N-dealkylation sites (N-methyl/N-ethyl adjacent to an activating group) is 1. The Bertz CT molecular complexity index is 6820. The first-order valence-electron chi connectivity index (χ1n) is 50.6. The van der Waals surface area contributed by atoms with E-state index in [1.54, 1.807) is 36.1 Å². The zero-order valence-corrected chi connectivity index (χ0v) is 87.9. The number of rotatable bonds is 25. The minimum Gasteiger partial charge on any atom is -0.438 e. The number of anilines is 10. The summed E-state index contributed by atoms with van der Waals surface area (Å²) in [6, 6.07) is 22.6. The van der Waals surface area contributed by atoms with Crippen molar-refractivity contribution in [3.63, 3.8) is 0 Å². The smallest absolute Gasteiger partial charge is 0.291 e. The molecule has 33 nitrogen and oxygen atoms in total. The van der Waals surface area contributed by atoms with E-state index >= 15 is 17.6 Å². The molecule has 20 rings (SSSR count). The number of halogens is 8. The summed E-state index contributed by atoms with van der Waals surface area (Å²) in [5.41, 5.74) is 14.5. The second kappa shape index (κ2) is 47.7. The number of aryl methyl sites for hydroxylation is 9. The molecule has 7 aliphatic rings. The van der Waals surface area contributed by atoms with Crippen LogP contribution in [0.15, 0.2) is 108 Å². The van der Waals surface area contributed by atoms with Crippen LogP contribution in [-0.4, -0.2) is 243 Å². The molecular weight excluding hydrogens is 1960 g/mol. The third-order valence-corrected chi connectivity index (χ3v) is 30.2. The highest BCUT2D eigenvalue weighted by Crippen LogP contribution is 2.41. The molecule has 0 spiro atoms. The molecule has 0 aliphatic carbocycles. The predicted octanol–water partition coefficient (Wildman–Crippen LogP) is 20.2. The second-order valence-electron chi connectivity index (χ2n) is 39.9. The summed E-state index contributed by atoms with van der Waals surface area (Å²) >= 11 is 25.0. The first kappa shape index (κ1) is 106. The molecule has 10 N–H and O–H groups in total. The predicted molar refractivity (Wildman–Crippen MR) is 562 cm³/mol. The van der Waals surface area contributed by atoms with E-state index in [0.29, 0.717) is 143 Å². The lowest BCUT2D eigenvalue weighted by atomic mass is 9.85. The number of piperidine rings is 4. The molecule has 776 valence electrons. The molecule has 16 heterocycles. The number of carbonyl (C=O) groups is 3. The average molecular weight is 2090 g/mol. The van der Waals surface area contributed by atoms with Crippen molar-refractivity contribution in [3.8, 4) is 0 Å². The maximum absolute atomic E-state index is 15.3. The number of aromatic amines is 4. The number of oxazole rings is 1. The number of nitrogens with zero attached hydrogens (tertiary/aromatic N) is 19. The fourth-order valence-electron chi connectivity index (χ4n) is 21.2. The highest BCUT2D eigenvalue weighted by Gasteiger charge is 2.39. The summed E-state index contributed by atoms with van der Waals surface area (Å²) in [5, 5.41) is 48.1. The van der Waals surface area contributed by atoms with Gasteiger partial charge in [-0.15, -0.1) is 0 Å². The highest BCUT2D eigenvalue weighted by molar-refractivity contribution is 6.34. The van der Waals surface area contributed by atoms with Crippen molar-refractivity contribution in [2.75, 3.05) is 112 Å². The molecule has 3 atom stereocenters. The summed E-state index contributed by atoms with van der Waals surface area (Å²) < 4.78 is 66.2. The van der Waals surface area contributed by atoms with Crippen molar-refractivity contribution in [3.05, 3.63) is 260 Å². The van der Waals surface area contributed by atoms with Gasteiger partial charge in [0.25, 0.3) is 5.91 Å². The largest absolute Gasteiger partial charge is 0.438 e. The van der Waals surface area contributed by atoms with Crippen LogP contribution in [0.25, 0.3) is 0 Å². The normalized spacial score (nSPS) is 17.8. The monoisotopic (exact) mass is 2090 g/mol. The minimum atomic E-state index is -0.306. The average Bonchev–Trinajstić information content (AvgIpc) is 1.70. The quantitative estimate of drug-likeness (QED) is 0.0238. The molecule has 4 aromatic carbocycles. The van der Waals surface area contributed by atoms with E-state index in [1.807, 2.05) is 121 Å². The number of carbonyl (C=O) groups excluding carboxylic acids is 3. The maximum Gasteiger partial charge on any atom is 0.291 e. The Labute approximate surface area is 872 Å². The van der Waals surface area contributed by atoms with E-state index in [1.165, 1.54) is 37.6 Å². The Morgan fingerprint density at radius 3 is 1.15 bits per heavy atom. The van der Waals surface area contributed by atoms with E-state index in [0.717, 1.165) is 210 Å². The molecular formula is C106H127Cl4F4N29O4. The molecule has 7 saturated heterocycles. The van der Waals surface area contributed by atoms with Gasteiger partial charge in [0.15, 0.2) is 52.9 Å². The number of hydrogen-bond donors (Lipinski definition) is 10. The lowest BCUT2D eigenvalue weighted by Gasteiger charge is -2.37. The van der Waals surface area contributed by atoms with Gasteiger partial charge in [0.05, 0.1) is 48.3 Å². The van der Waals surface area contributed by atoms with Crippen molar-refractivity contribution in [1.82, 2.24) is 120 Å². The van der Waals surface area contributed by atoms with Crippen molar-refractivity contribution >= 4 is 122 Å². The van der Waals surface area contributed by atoms with Crippen LogP contribution in [0.3, 0.4) is 0 Å². The molecule has 1 unspecified atom stereocenters. The minimum absolute atomic E-state index is 0.00853. The van der Waals surface area contributed by atoms with E-state index in [2.05, 4.69) is 146 Å². The Morgan fingerprint density at radius 2 is 0.782 bits per heavy atom. The van der Waals surface area contributed by atoms with Crippen LogP contribution < -0.4 is 31.9 Å². The van der Waals surface area contributed by atoms with Gasteiger partial charge < -0.3 is 51.0 Å². The first-order chi connectivity index (χ1) is 70.7. The number of hydrogen-bond acceptors (Lipinski definition) is 26. The van der Waals surface area contributed by atoms with Gasteiger partial charge in [0.2, 0.25) is 23.5 Å². The zero-order valence-electron chi connectivity index (χ0n) is 84.9. The van der Waals surface area contributed by atoms with E-state index in [-0.39, 0.29) is 102 Å². The van der Waals surface area contributed by atoms with Gasteiger partial charge in [-0.25, -0.2) is 57.4 Å². The van der Waals surface area contributed by atoms with Crippen molar-refractivity contribution < 1.29 is 36.4 Å². The van der Waals surface area contributed by atoms with Crippen LogP contribution in [0, 0.1) is 85.6 Å². The molecule has 9 aromatic heterocycles. The van der Waals surface area contributed by atoms with Crippen LogP contribution in [0.2, 0.25) is 20.1 Å². The van der Waals surface area contributed by atoms with Gasteiger partial charge in [0, 0.05) is 124 Å². The first-order valence-corrected chi connectivity index (χ1v) is 52.1. The summed E-state index contributed by atoms with van der Waals surface area (Å²) in [4.78, 5) is 90.8. The highest BCUT2D eigenvalue weighted by atomic mass is 35.5. The van der Waals surface area contributed by atoms with Crippen LogP contribution in [0.4, 0.5) is 75.7 Å². The number of likely N-dealkylation sites (tertiary alicyclic amines) is 6. The fraction of sp³-hybridized carbons (Fsp3) is 0.453. The molecule has 13 aromatic rings. The number of aromatic nitrogens is 17. The van der Waals surface area contributed by atoms with Crippen molar-refractivity contribution in [2.45, 2.75) is 227 Å². The van der Waals surface area contributed by atoms with Crippen molar-refractivity contribution in [2.24, 2.45) is 0 Å². The Balaban J connectivity index is 0.000000134. The van der Waals surface area contributed by atoms with E-state index in [4.69, 9.17) is 50.8 Å². The summed E-state index contributed by atoms with van der Waals surface area (Å²) in [6.07, 6.45) is 20.3. The molecule has 7 aliphatic heterocycles. The van der Waals surface area contributed by atoms with Gasteiger partial charge in [-0.3, -0.25) is 49.5 Å². The number of amides is 3. The van der Waals surface area contributed by atoms with Gasteiger partial charge >= 0.3 is 0 Å². The molecule has 3 amide bonds. The third-order valence-electron chi connectivity index (χ3n) is 29.1. The Morgan fingerprint density at radius 1 is 0.415 bits per heavy atom. The van der Waals surface area contributed by atoms with Crippen LogP contribution in [0.1, 0.15) is 239 Å². The topological polar surface area (TPSA) is 387 Å². The van der Waals surface area contributed by atoms with Gasteiger partial charge in [-0.05, 0) is 315 Å². The number of nitrogens with one attached hydrogen (secondary N) is 10. The summed E-state index contributed by atoms with van der Waals surface area (Å²) in [6.45, 7) is 32.1. The Kier molecular flexibility index (Phi) is 34.3. The fourth-order valence-corrected chi connectivity index (χ4v) is 21.8. The van der Waals surface area contributed by atoms with E-state index < -0.39 is 0 Å². The molecule has 147 heavy (non-hydrogen) atoms. The summed E-state index contributed by atoms with van der Waals surface area (Å²) in [7, 11) is 2.03.